The van der Waals surface area contributed by atoms with Crippen LogP contribution in [0.2, 0.25) is 5.02 Å². The number of carbonyl (C=O) groups is 2. The fraction of sp³-hybridized carbons (Fsp3) is 0.529. The van der Waals surface area contributed by atoms with E-state index in [1.165, 1.54) is 25.7 Å². The van der Waals surface area contributed by atoms with Crippen molar-refractivity contribution in [2.45, 2.75) is 85.3 Å². The maximum atomic E-state index is 13.0. The number of halogens is 1. The molecule has 0 aliphatic carbocycles. The van der Waals surface area contributed by atoms with Gasteiger partial charge in [-0.2, -0.15) is 0 Å². The molecule has 4 N–H and O–H groups in total. The van der Waals surface area contributed by atoms with Gasteiger partial charge in [0, 0.05) is 30.1 Å². The Hall–Kier alpha value is -3.08. The zero-order valence-corrected chi connectivity index (χ0v) is 30.2. The fourth-order valence-corrected chi connectivity index (χ4v) is 5.66. The van der Waals surface area contributed by atoms with Crippen LogP contribution < -0.4 is 15.2 Å². The smallest absolute Gasteiger partial charge is 0.444 e. The topological polar surface area (TPSA) is 142 Å². The molecule has 2 atom stereocenters. The highest BCUT2D eigenvalue weighted by atomic mass is 35.5. The second kappa shape index (κ2) is 20.3. The quantitative estimate of drug-likeness (QED) is 0.0842. The van der Waals surface area contributed by atoms with Crippen molar-refractivity contribution >= 4 is 42.3 Å². The van der Waals surface area contributed by atoms with E-state index in [0.29, 0.717) is 25.8 Å². The lowest BCUT2D eigenvalue weighted by molar-refractivity contribution is -0.123. The molecule has 13 heteroatoms. The maximum Gasteiger partial charge on any atom is 0.527 e. The Kier molecular flexibility index (Phi) is 17.3. The van der Waals surface area contributed by atoms with Crippen molar-refractivity contribution in [1.29, 1.82) is 0 Å². The van der Waals surface area contributed by atoms with Gasteiger partial charge >= 0.3 is 13.9 Å². The van der Waals surface area contributed by atoms with Gasteiger partial charge < -0.3 is 29.8 Å². The summed E-state index contributed by atoms with van der Waals surface area (Å²) in [5.41, 5.74) is 1.16. The number of benzene rings is 2. The Bertz CT molecular complexity index is 1420. The summed E-state index contributed by atoms with van der Waals surface area (Å²) in [7, 11) is -4.28. The number of fused-ring (bicyclic) bond motifs is 1. The van der Waals surface area contributed by atoms with Crippen LogP contribution in [0, 0.1) is 0 Å². The molecule has 1 aromatic heterocycles. The van der Waals surface area contributed by atoms with Gasteiger partial charge in [0.1, 0.15) is 17.4 Å². The molecule has 0 bridgehead atoms. The van der Waals surface area contributed by atoms with Crippen LogP contribution in [0.25, 0.3) is 10.9 Å². The number of alkyl carbamates (subject to hydrolysis) is 1. The molecular weight excluding hydrogens is 643 g/mol. The van der Waals surface area contributed by atoms with Crippen LogP contribution in [0.4, 0.5) is 4.79 Å². The van der Waals surface area contributed by atoms with Crippen molar-refractivity contribution in [2.24, 2.45) is 0 Å². The van der Waals surface area contributed by atoms with E-state index < -0.39 is 25.6 Å². The summed E-state index contributed by atoms with van der Waals surface area (Å²) < 4.78 is 27.5. The number of hydrogen-bond donors (Lipinski definition) is 4. The molecule has 0 fully saturated rings. The van der Waals surface area contributed by atoms with Gasteiger partial charge in [0.15, 0.2) is 0 Å². The first-order valence-corrected chi connectivity index (χ1v) is 18.1. The number of phosphoric ester groups is 1. The van der Waals surface area contributed by atoms with Crippen molar-refractivity contribution < 1.29 is 32.8 Å². The Morgan fingerprint density at radius 3 is 2.26 bits per heavy atom. The third-order valence-corrected chi connectivity index (χ3v) is 8.37. The van der Waals surface area contributed by atoms with E-state index in [4.69, 9.17) is 25.4 Å². The van der Waals surface area contributed by atoms with Gasteiger partial charge in [-0.25, -0.2) is 9.36 Å². The average molecular weight is 695 g/mol. The Balaban J connectivity index is 0.000000984. The van der Waals surface area contributed by atoms with Crippen molar-refractivity contribution in [2.75, 3.05) is 32.8 Å². The summed E-state index contributed by atoms with van der Waals surface area (Å²) in [6, 6.07) is 13.3. The lowest BCUT2D eigenvalue weighted by Crippen LogP contribution is -2.49. The van der Waals surface area contributed by atoms with E-state index in [2.05, 4.69) is 41.3 Å². The molecule has 2 amide bonds. The fourth-order valence-electron chi connectivity index (χ4n) is 4.62. The molecule has 0 saturated carbocycles. The minimum absolute atomic E-state index is 0.0388. The molecular formula is C34H52ClN4O7P. The second-order valence-corrected chi connectivity index (χ2v) is 13.7. The SMILES string of the molecule is CC(C)(C)OC(=O)N[C@H](Cc1c[nH]c2ccccc12)C(=O)NCCCCCCOP(=O)(O)Oc1ccccc1Cl.CCN(CC)CC. The summed E-state index contributed by atoms with van der Waals surface area (Å²) in [4.78, 5) is 40.9. The highest BCUT2D eigenvalue weighted by Crippen LogP contribution is 2.45. The third-order valence-electron chi connectivity index (χ3n) is 7.12. The van der Waals surface area contributed by atoms with Gasteiger partial charge in [-0.3, -0.25) is 14.2 Å². The number of para-hydroxylation sites is 2. The van der Waals surface area contributed by atoms with Crippen molar-refractivity contribution in [3.05, 3.63) is 65.3 Å². The molecule has 3 rings (SSSR count). The Morgan fingerprint density at radius 1 is 0.979 bits per heavy atom. The van der Waals surface area contributed by atoms with Gasteiger partial charge in [-0.1, -0.05) is 75.5 Å². The number of aromatic amines is 1. The number of phosphoric acid groups is 1. The van der Waals surface area contributed by atoms with Crippen LogP contribution in [0.1, 0.15) is 72.8 Å². The third kappa shape index (κ3) is 15.6. The summed E-state index contributed by atoms with van der Waals surface area (Å²) in [6.45, 7) is 15.9. The molecule has 1 heterocycles. The van der Waals surface area contributed by atoms with Crippen LogP contribution in [0.5, 0.6) is 5.75 Å². The van der Waals surface area contributed by atoms with Gasteiger partial charge in [-0.05, 0) is 77.0 Å². The number of unbranched alkanes of at least 4 members (excludes halogenated alkanes) is 3. The number of amides is 2. The highest BCUT2D eigenvalue weighted by molar-refractivity contribution is 7.47. The van der Waals surface area contributed by atoms with E-state index in [0.717, 1.165) is 29.3 Å². The summed E-state index contributed by atoms with van der Waals surface area (Å²) in [5, 5.41) is 6.80. The van der Waals surface area contributed by atoms with Gasteiger partial charge in [0.05, 0.1) is 11.6 Å². The Morgan fingerprint density at radius 2 is 1.62 bits per heavy atom. The minimum atomic E-state index is -4.28. The molecule has 1 unspecified atom stereocenters. The molecule has 0 aliphatic heterocycles. The van der Waals surface area contributed by atoms with Gasteiger partial charge in [0.2, 0.25) is 5.91 Å². The van der Waals surface area contributed by atoms with Gasteiger partial charge in [0.25, 0.3) is 0 Å². The normalized spacial score (nSPS) is 13.3. The molecule has 11 nitrogen and oxygen atoms in total. The molecule has 0 radical (unpaired) electrons. The first-order valence-electron chi connectivity index (χ1n) is 16.2. The number of nitrogens with zero attached hydrogens (tertiary/aromatic N) is 1. The van der Waals surface area contributed by atoms with Crippen molar-refractivity contribution in [1.82, 2.24) is 20.5 Å². The predicted molar refractivity (Wildman–Crippen MR) is 188 cm³/mol. The zero-order chi connectivity index (χ0) is 34.9. The number of nitrogens with one attached hydrogen (secondary N) is 3. The Labute approximate surface area is 284 Å². The van der Waals surface area contributed by atoms with Crippen molar-refractivity contribution in [3.8, 4) is 5.75 Å². The van der Waals surface area contributed by atoms with Crippen LogP contribution in [-0.2, 0) is 25.0 Å². The minimum Gasteiger partial charge on any atom is -0.444 e. The molecule has 3 aromatic rings. The van der Waals surface area contributed by atoms with E-state index >= 15 is 0 Å². The first-order chi connectivity index (χ1) is 22.3. The lowest BCUT2D eigenvalue weighted by atomic mass is 10.0. The van der Waals surface area contributed by atoms with Crippen LogP contribution >= 0.6 is 19.4 Å². The monoisotopic (exact) mass is 694 g/mol. The largest absolute Gasteiger partial charge is 0.527 e. The predicted octanol–water partition coefficient (Wildman–Crippen LogP) is 7.48. The molecule has 0 aliphatic rings. The van der Waals surface area contributed by atoms with E-state index in [1.54, 1.807) is 39.0 Å². The molecule has 262 valence electrons. The molecule has 0 spiro atoms. The standard InChI is InChI=1S/C28H37ClN3O7P.C6H15N/c1-28(2,3)38-27(34)32-24(18-20-19-31-23-14-8-6-12-21(20)23)26(33)30-16-10-4-5-11-17-37-40(35,36)39-25-15-9-7-13-22(25)29;1-4-7(5-2)6-3/h6-9,12-15,19,24,31H,4-5,10-11,16-18H2,1-3H3,(H,30,33)(H,32,34)(H,35,36);4-6H2,1-3H3/t24-;/m1./s1. The van der Waals surface area contributed by atoms with Crippen LogP contribution in [0.3, 0.4) is 0 Å². The number of H-pyrrole nitrogens is 1. The number of ether oxygens (including phenoxy) is 1. The van der Waals surface area contributed by atoms with E-state index in [1.807, 2.05) is 30.5 Å². The number of rotatable bonds is 17. The molecule has 0 saturated heterocycles. The summed E-state index contributed by atoms with van der Waals surface area (Å²) in [5.74, 6) is -0.229. The van der Waals surface area contributed by atoms with Crippen molar-refractivity contribution in [3.63, 3.8) is 0 Å². The van der Waals surface area contributed by atoms with Crippen LogP contribution in [0.15, 0.2) is 54.7 Å². The molecule has 47 heavy (non-hydrogen) atoms. The summed E-state index contributed by atoms with van der Waals surface area (Å²) >= 11 is 5.94. The second-order valence-electron chi connectivity index (χ2n) is 11.9. The number of carbonyl (C=O) groups excluding carboxylic acids is 2. The lowest BCUT2D eigenvalue weighted by Gasteiger charge is -2.23. The highest BCUT2D eigenvalue weighted by Gasteiger charge is 2.26. The van der Waals surface area contributed by atoms with E-state index in [-0.39, 0.29) is 23.3 Å². The number of aromatic nitrogens is 1. The van der Waals surface area contributed by atoms with E-state index in [9.17, 15) is 19.0 Å². The zero-order valence-electron chi connectivity index (χ0n) is 28.5. The van der Waals surface area contributed by atoms with Crippen LogP contribution in [-0.4, -0.2) is 71.2 Å². The number of hydrogen-bond acceptors (Lipinski definition) is 7. The average Bonchev–Trinajstić information content (AvgIpc) is 3.42. The van der Waals surface area contributed by atoms with Gasteiger partial charge in [-0.15, -0.1) is 0 Å². The molecule has 2 aromatic carbocycles. The maximum absolute atomic E-state index is 13.0. The summed E-state index contributed by atoms with van der Waals surface area (Å²) in [6.07, 6.45) is 4.18. The first kappa shape index (κ1) is 40.1.